The minimum Gasteiger partial charge on any atom is -0.367 e. The smallest absolute Gasteiger partial charge is 0.123 e. The fraction of sp³-hybridized carbons (Fsp3) is 0.455. The van der Waals surface area contributed by atoms with Gasteiger partial charge in [0.1, 0.15) is 5.82 Å². The van der Waals surface area contributed by atoms with E-state index in [1.54, 1.807) is 12.1 Å². The molecule has 2 fully saturated rings. The van der Waals surface area contributed by atoms with Gasteiger partial charge in [-0.1, -0.05) is 0 Å². The number of rotatable bonds is 1. The Bertz CT molecular complexity index is 338. The zero-order chi connectivity index (χ0) is 9.54. The summed E-state index contributed by atoms with van der Waals surface area (Å²) in [7, 11) is 0. The average Bonchev–Trinajstić information content (AvgIpc) is 2.80. The van der Waals surface area contributed by atoms with E-state index in [-0.39, 0.29) is 5.82 Å². The molecule has 3 rings (SSSR count). The van der Waals surface area contributed by atoms with Gasteiger partial charge in [-0.2, -0.15) is 11.8 Å². The highest BCUT2D eigenvalue weighted by Gasteiger charge is 2.38. The molecule has 2 aliphatic heterocycles. The van der Waals surface area contributed by atoms with Crippen molar-refractivity contribution in [1.29, 1.82) is 0 Å². The Morgan fingerprint density at radius 3 is 2.64 bits per heavy atom. The van der Waals surface area contributed by atoms with E-state index in [1.165, 1.54) is 17.9 Å². The van der Waals surface area contributed by atoms with Crippen molar-refractivity contribution in [3.8, 4) is 0 Å². The molecule has 0 saturated carbocycles. The molecule has 0 aromatic heterocycles. The van der Waals surface area contributed by atoms with Crippen molar-refractivity contribution in [1.82, 2.24) is 0 Å². The first-order valence-corrected chi connectivity index (χ1v) is 6.01. The van der Waals surface area contributed by atoms with E-state index < -0.39 is 0 Å². The van der Waals surface area contributed by atoms with Crippen LogP contribution >= 0.6 is 11.8 Å². The van der Waals surface area contributed by atoms with E-state index in [2.05, 4.69) is 16.7 Å². The number of hydrogen-bond acceptors (Lipinski definition) is 2. The first-order valence-electron chi connectivity index (χ1n) is 4.97. The fourth-order valence-electron chi connectivity index (χ4n) is 2.35. The van der Waals surface area contributed by atoms with Gasteiger partial charge >= 0.3 is 0 Å². The van der Waals surface area contributed by atoms with E-state index in [0.29, 0.717) is 6.04 Å². The molecule has 1 nitrogen and oxygen atoms in total. The second kappa shape index (κ2) is 3.16. The Morgan fingerprint density at radius 1 is 1.29 bits per heavy atom. The van der Waals surface area contributed by atoms with E-state index >= 15 is 0 Å². The molecule has 0 radical (unpaired) electrons. The molecular formula is C11H12FNS. The van der Waals surface area contributed by atoms with Crippen LogP contribution in [0.5, 0.6) is 0 Å². The number of fused-ring (bicyclic) bond motifs is 2. The van der Waals surface area contributed by atoms with Crippen molar-refractivity contribution in [3.05, 3.63) is 30.1 Å². The van der Waals surface area contributed by atoms with Crippen LogP contribution in [-0.2, 0) is 0 Å². The number of nitrogens with zero attached hydrogens (tertiary/aromatic N) is 1. The Balaban J connectivity index is 1.86. The normalized spacial score (nSPS) is 29.9. The van der Waals surface area contributed by atoms with Gasteiger partial charge in [0, 0.05) is 29.3 Å². The standard InChI is InChI=1S/C11H12FNS/c12-8-1-3-9(4-2-8)13-6-11-5-10(13)7-14-11/h1-4,10-11H,5-7H2. The van der Waals surface area contributed by atoms with Crippen LogP contribution in [0.25, 0.3) is 0 Å². The van der Waals surface area contributed by atoms with Gasteiger partial charge in [-0.15, -0.1) is 0 Å². The summed E-state index contributed by atoms with van der Waals surface area (Å²) < 4.78 is 12.7. The summed E-state index contributed by atoms with van der Waals surface area (Å²) in [5, 5.41) is 0.810. The molecule has 1 aromatic rings. The summed E-state index contributed by atoms with van der Waals surface area (Å²) in [5.41, 5.74) is 1.18. The highest BCUT2D eigenvalue weighted by Crippen LogP contribution is 2.39. The number of anilines is 1. The van der Waals surface area contributed by atoms with E-state index in [4.69, 9.17) is 0 Å². The molecule has 2 aliphatic rings. The van der Waals surface area contributed by atoms with Crippen molar-refractivity contribution in [2.24, 2.45) is 0 Å². The summed E-state index contributed by atoms with van der Waals surface area (Å²) in [5.74, 6) is 1.09. The lowest BCUT2D eigenvalue weighted by molar-refractivity contribution is 0.627. The van der Waals surface area contributed by atoms with Gasteiger partial charge in [0.15, 0.2) is 0 Å². The van der Waals surface area contributed by atoms with Gasteiger partial charge in [-0.25, -0.2) is 4.39 Å². The molecule has 2 bridgehead atoms. The molecule has 74 valence electrons. The van der Waals surface area contributed by atoms with Gasteiger partial charge in [0.25, 0.3) is 0 Å². The van der Waals surface area contributed by atoms with Crippen LogP contribution in [0.1, 0.15) is 6.42 Å². The maximum atomic E-state index is 12.7. The maximum absolute atomic E-state index is 12.7. The lowest BCUT2D eigenvalue weighted by Crippen LogP contribution is -2.33. The van der Waals surface area contributed by atoms with Crippen molar-refractivity contribution in [2.45, 2.75) is 17.7 Å². The van der Waals surface area contributed by atoms with E-state index in [9.17, 15) is 4.39 Å². The van der Waals surface area contributed by atoms with E-state index in [0.717, 1.165) is 11.8 Å². The molecule has 2 atom stereocenters. The molecule has 3 heteroatoms. The zero-order valence-electron chi connectivity index (χ0n) is 7.82. The minimum atomic E-state index is -0.146. The lowest BCUT2D eigenvalue weighted by Gasteiger charge is -2.28. The largest absolute Gasteiger partial charge is 0.367 e. The van der Waals surface area contributed by atoms with Crippen LogP contribution in [-0.4, -0.2) is 23.6 Å². The number of benzene rings is 1. The Kier molecular flexibility index (Phi) is 1.94. The van der Waals surface area contributed by atoms with Crippen LogP contribution in [0.15, 0.2) is 24.3 Å². The van der Waals surface area contributed by atoms with Crippen LogP contribution in [0.4, 0.5) is 10.1 Å². The van der Waals surface area contributed by atoms with Crippen molar-refractivity contribution in [3.63, 3.8) is 0 Å². The maximum Gasteiger partial charge on any atom is 0.123 e. The molecule has 14 heavy (non-hydrogen) atoms. The second-order valence-electron chi connectivity index (χ2n) is 3.97. The third kappa shape index (κ3) is 1.31. The molecule has 1 aromatic carbocycles. The van der Waals surface area contributed by atoms with Crippen molar-refractivity contribution < 1.29 is 4.39 Å². The summed E-state index contributed by atoms with van der Waals surface area (Å²) in [6.07, 6.45) is 1.31. The third-order valence-corrected chi connectivity index (χ3v) is 4.45. The number of hydrogen-bond donors (Lipinski definition) is 0. The lowest BCUT2D eigenvalue weighted by atomic mass is 10.2. The zero-order valence-corrected chi connectivity index (χ0v) is 8.64. The van der Waals surface area contributed by atoms with Crippen molar-refractivity contribution in [2.75, 3.05) is 17.2 Å². The van der Waals surface area contributed by atoms with Gasteiger partial charge in [0.2, 0.25) is 0 Å². The molecule has 0 aliphatic carbocycles. The third-order valence-electron chi connectivity index (χ3n) is 3.06. The molecule has 0 spiro atoms. The van der Waals surface area contributed by atoms with Crippen molar-refractivity contribution >= 4 is 17.4 Å². The predicted octanol–water partition coefficient (Wildman–Crippen LogP) is 2.52. The average molecular weight is 209 g/mol. The first-order chi connectivity index (χ1) is 6.83. The molecule has 0 amide bonds. The second-order valence-corrected chi connectivity index (χ2v) is 5.31. The topological polar surface area (TPSA) is 3.24 Å². The quantitative estimate of drug-likeness (QED) is 0.699. The SMILES string of the molecule is Fc1ccc(N2CC3CC2CS3)cc1. The molecule has 2 heterocycles. The summed E-state index contributed by atoms with van der Waals surface area (Å²) in [6.45, 7) is 1.14. The number of thioether (sulfide) groups is 1. The van der Waals surface area contributed by atoms with Crippen LogP contribution < -0.4 is 4.90 Å². The Morgan fingerprint density at radius 2 is 2.07 bits per heavy atom. The predicted molar refractivity (Wildman–Crippen MR) is 58.4 cm³/mol. The number of halogens is 1. The van der Waals surface area contributed by atoms with Crippen LogP contribution in [0.3, 0.4) is 0 Å². The van der Waals surface area contributed by atoms with Gasteiger partial charge in [0.05, 0.1) is 0 Å². The fourth-order valence-corrected chi connectivity index (χ4v) is 3.78. The summed E-state index contributed by atoms with van der Waals surface area (Å²) >= 11 is 2.08. The van der Waals surface area contributed by atoms with E-state index in [1.807, 2.05) is 12.1 Å². The molecule has 0 N–H and O–H groups in total. The molecule has 2 unspecified atom stereocenters. The summed E-state index contributed by atoms with van der Waals surface area (Å²) in [4.78, 5) is 2.42. The molecule has 2 saturated heterocycles. The van der Waals surface area contributed by atoms with Gasteiger partial charge in [-0.05, 0) is 30.7 Å². The first kappa shape index (κ1) is 8.60. The Hall–Kier alpha value is -0.700. The highest BCUT2D eigenvalue weighted by atomic mass is 32.2. The van der Waals surface area contributed by atoms with Gasteiger partial charge in [-0.3, -0.25) is 0 Å². The minimum absolute atomic E-state index is 0.146. The highest BCUT2D eigenvalue weighted by molar-refractivity contribution is 8.00. The van der Waals surface area contributed by atoms with Crippen LogP contribution in [0, 0.1) is 5.82 Å². The van der Waals surface area contributed by atoms with Gasteiger partial charge < -0.3 is 4.90 Å². The molecular weight excluding hydrogens is 197 g/mol. The van der Waals surface area contributed by atoms with Crippen LogP contribution in [0.2, 0.25) is 0 Å². The summed E-state index contributed by atoms with van der Waals surface area (Å²) in [6, 6.07) is 7.57. The monoisotopic (exact) mass is 209 g/mol. The Labute approximate surface area is 87.3 Å².